The standard InChI is InChI=1S/C11H9N3O3S/c1-17-11(16)7-4-2-3-5-8(7)13-10(15)9-6-12-18-14-9/h2-6H,1H3,(H,13,15). The van der Waals surface area contributed by atoms with Gasteiger partial charge in [-0.25, -0.2) is 4.79 Å². The van der Waals surface area contributed by atoms with Gasteiger partial charge in [0.05, 0.1) is 36.3 Å². The topological polar surface area (TPSA) is 81.2 Å². The molecule has 2 aromatic rings. The molecule has 0 aliphatic rings. The van der Waals surface area contributed by atoms with Crippen molar-refractivity contribution in [2.24, 2.45) is 0 Å². The van der Waals surface area contributed by atoms with E-state index in [0.717, 1.165) is 11.7 Å². The summed E-state index contributed by atoms with van der Waals surface area (Å²) in [5.74, 6) is -0.928. The Balaban J connectivity index is 2.24. The summed E-state index contributed by atoms with van der Waals surface area (Å²) in [4.78, 5) is 23.3. The molecule has 1 aromatic carbocycles. The molecule has 0 saturated heterocycles. The number of amides is 1. The number of benzene rings is 1. The molecule has 0 aliphatic carbocycles. The van der Waals surface area contributed by atoms with Gasteiger partial charge in [-0.3, -0.25) is 4.79 Å². The first kappa shape index (κ1) is 12.2. The summed E-state index contributed by atoms with van der Waals surface area (Å²) in [6, 6.07) is 6.58. The maximum absolute atomic E-state index is 11.8. The van der Waals surface area contributed by atoms with Crippen LogP contribution in [-0.4, -0.2) is 27.7 Å². The molecule has 0 radical (unpaired) electrons. The minimum Gasteiger partial charge on any atom is -0.465 e. The molecule has 0 fully saturated rings. The molecule has 6 nitrogen and oxygen atoms in total. The van der Waals surface area contributed by atoms with E-state index in [1.165, 1.54) is 13.3 Å². The Labute approximate surface area is 107 Å². The molecule has 1 heterocycles. The van der Waals surface area contributed by atoms with E-state index in [2.05, 4.69) is 18.8 Å². The minimum atomic E-state index is -0.512. The fourth-order valence-corrected chi connectivity index (χ4v) is 1.74. The maximum Gasteiger partial charge on any atom is 0.339 e. The highest BCUT2D eigenvalue weighted by molar-refractivity contribution is 6.99. The van der Waals surface area contributed by atoms with Gasteiger partial charge in [-0.15, -0.1) is 0 Å². The second kappa shape index (κ2) is 5.37. The number of anilines is 1. The summed E-state index contributed by atoms with van der Waals surface area (Å²) in [6.07, 6.45) is 1.36. The fraction of sp³-hybridized carbons (Fsp3) is 0.0909. The number of esters is 1. The van der Waals surface area contributed by atoms with E-state index < -0.39 is 11.9 Å². The first-order valence-corrected chi connectivity index (χ1v) is 5.71. The monoisotopic (exact) mass is 263 g/mol. The molecule has 18 heavy (non-hydrogen) atoms. The van der Waals surface area contributed by atoms with Crippen LogP contribution >= 0.6 is 11.7 Å². The summed E-state index contributed by atoms with van der Waals surface area (Å²) >= 11 is 0.941. The average Bonchev–Trinajstić information content (AvgIpc) is 2.92. The van der Waals surface area contributed by atoms with E-state index in [0.29, 0.717) is 5.69 Å². The average molecular weight is 263 g/mol. The van der Waals surface area contributed by atoms with Gasteiger partial charge in [0, 0.05) is 0 Å². The van der Waals surface area contributed by atoms with Crippen molar-refractivity contribution in [1.82, 2.24) is 8.75 Å². The second-order valence-corrected chi connectivity index (χ2v) is 3.84. The number of hydrogen-bond donors (Lipinski definition) is 1. The zero-order chi connectivity index (χ0) is 13.0. The summed E-state index contributed by atoms with van der Waals surface area (Å²) in [6.45, 7) is 0. The molecule has 0 aliphatic heterocycles. The third kappa shape index (κ3) is 2.51. The van der Waals surface area contributed by atoms with Gasteiger partial charge in [0.25, 0.3) is 5.91 Å². The Morgan fingerprint density at radius 3 is 2.78 bits per heavy atom. The van der Waals surface area contributed by atoms with Crippen LogP contribution in [-0.2, 0) is 4.74 Å². The Hall–Kier alpha value is -2.28. The lowest BCUT2D eigenvalue weighted by Gasteiger charge is -2.07. The summed E-state index contributed by atoms with van der Waals surface area (Å²) in [5.41, 5.74) is 0.874. The molecule has 1 aromatic heterocycles. The molecule has 0 atom stereocenters. The van der Waals surface area contributed by atoms with Gasteiger partial charge in [0.2, 0.25) is 0 Å². The van der Waals surface area contributed by atoms with Crippen molar-refractivity contribution in [2.45, 2.75) is 0 Å². The van der Waals surface area contributed by atoms with E-state index in [9.17, 15) is 9.59 Å². The molecule has 92 valence electrons. The SMILES string of the molecule is COC(=O)c1ccccc1NC(=O)c1cnsn1. The molecular weight excluding hydrogens is 254 g/mol. The molecule has 0 unspecified atom stereocenters. The number of nitrogens with zero attached hydrogens (tertiary/aromatic N) is 2. The highest BCUT2D eigenvalue weighted by Crippen LogP contribution is 2.16. The third-order valence-corrected chi connectivity index (χ3v) is 2.65. The Bertz CT molecular complexity index is 569. The van der Waals surface area contributed by atoms with Crippen molar-refractivity contribution in [1.29, 1.82) is 0 Å². The Morgan fingerprint density at radius 1 is 1.33 bits per heavy atom. The number of nitrogens with one attached hydrogen (secondary N) is 1. The van der Waals surface area contributed by atoms with Gasteiger partial charge in [0.1, 0.15) is 0 Å². The molecule has 0 bridgehead atoms. The van der Waals surface area contributed by atoms with Crippen LogP contribution in [0.1, 0.15) is 20.8 Å². The smallest absolute Gasteiger partial charge is 0.339 e. The summed E-state index contributed by atoms with van der Waals surface area (Å²) in [7, 11) is 1.28. The zero-order valence-corrected chi connectivity index (χ0v) is 10.2. The van der Waals surface area contributed by atoms with Gasteiger partial charge in [-0.05, 0) is 12.1 Å². The summed E-state index contributed by atoms with van der Waals surface area (Å²) < 4.78 is 12.2. The first-order chi connectivity index (χ1) is 8.72. The lowest BCUT2D eigenvalue weighted by Crippen LogP contribution is -2.15. The van der Waals surface area contributed by atoms with Gasteiger partial charge < -0.3 is 10.1 Å². The third-order valence-electron chi connectivity index (χ3n) is 2.17. The highest BCUT2D eigenvalue weighted by Gasteiger charge is 2.15. The number of methoxy groups -OCH3 is 1. The van der Waals surface area contributed by atoms with Gasteiger partial charge >= 0.3 is 5.97 Å². The number of aromatic nitrogens is 2. The van der Waals surface area contributed by atoms with E-state index in [1.807, 2.05) is 0 Å². The van der Waals surface area contributed by atoms with Crippen LogP contribution in [0.5, 0.6) is 0 Å². The minimum absolute atomic E-state index is 0.208. The quantitative estimate of drug-likeness (QED) is 0.850. The van der Waals surface area contributed by atoms with Crippen LogP contribution in [0.15, 0.2) is 30.5 Å². The maximum atomic E-state index is 11.8. The van der Waals surface area contributed by atoms with Crippen LogP contribution in [0, 0.1) is 0 Å². The molecule has 0 spiro atoms. The summed E-state index contributed by atoms with van der Waals surface area (Å²) in [5, 5.41) is 2.59. The molecule has 0 saturated carbocycles. The van der Waals surface area contributed by atoms with Crippen molar-refractivity contribution >= 4 is 29.3 Å². The van der Waals surface area contributed by atoms with Gasteiger partial charge in [-0.1, -0.05) is 12.1 Å². The fourth-order valence-electron chi connectivity index (χ4n) is 1.33. The van der Waals surface area contributed by atoms with E-state index in [4.69, 9.17) is 0 Å². The van der Waals surface area contributed by atoms with Crippen LogP contribution in [0.4, 0.5) is 5.69 Å². The first-order valence-electron chi connectivity index (χ1n) is 4.98. The number of ether oxygens (including phenoxy) is 1. The Kier molecular flexibility index (Phi) is 3.63. The Morgan fingerprint density at radius 2 is 2.11 bits per heavy atom. The van der Waals surface area contributed by atoms with Crippen molar-refractivity contribution in [3.63, 3.8) is 0 Å². The van der Waals surface area contributed by atoms with Gasteiger partial charge in [0.15, 0.2) is 5.69 Å². The van der Waals surface area contributed by atoms with Crippen molar-refractivity contribution < 1.29 is 14.3 Å². The van der Waals surface area contributed by atoms with Crippen LogP contribution in [0.25, 0.3) is 0 Å². The lowest BCUT2D eigenvalue weighted by atomic mass is 10.2. The normalized spacial score (nSPS) is 9.83. The van der Waals surface area contributed by atoms with Crippen LogP contribution in [0.2, 0.25) is 0 Å². The molecule has 1 amide bonds. The molecule has 1 N–H and O–H groups in total. The highest BCUT2D eigenvalue weighted by atomic mass is 32.1. The van der Waals surface area contributed by atoms with Crippen LogP contribution < -0.4 is 5.32 Å². The van der Waals surface area contributed by atoms with Crippen molar-refractivity contribution in [3.8, 4) is 0 Å². The number of carbonyl (C=O) groups is 2. The number of hydrogen-bond acceptors (Lipinski definition) is 6. The zero-order valence-electron chi connectivity index (χ0n) is 9.41. The van der Waals surface area contributed by atoms with Crippen molar-refractivity contribution in [2.75, 3.05) is 12.4 Å². The second-order valence-electron chi connectivity index (χ2n) is 3.28. The number of para-hydroxylation sites is 1. The van der Waals surface area contributed by atoms with E-state index >= 15 is 0 Å². The predicted molar refractivity (Wildman–Crippen MR) is 65.6 cm³/mol. The number of carbonyl (C=O) groups excluding carboxylic acids is 2. The molecule has 7 heteroatoms. The predicted octanol–water partition coefficient (Wildman–Crippen LogP) is 1.58. The van der Waals surface area contributed by atoms with E-state index in [-0.39, 0.29) is 11.3 Å². The molecule has 2 rings (SSSR count). The van der Waals surface area contributed by atoms with Gasteiger partial charge in [-0.2, -0.15) is 8.75 Å². The lowest BCUT2D eigenvalue weighted by molar-refractivity contribution is 0.0602. The van der Waals surface area contributed by atoms with Crippen molar-refractivity contribution in [3.05, 3.63) is 41.7 Å². The number of rotatable bonds is 3. The van der Waals surface area contributed by atoms with Crippen LogP contribution in [0.3, 0.4) is 0 Å². The van der Waals surface area contributed by atoms with E-state index in [1.54, 1.807) is 24.3 Å². The molecular formula is C11H9N3O3S. The largest absolute Gasteiger partial charge is 0.465 e.